The van der Waals surface area contributed by atoms with Crippen LogP contribution in [0.2, 0.25) is 0 Å². The van der Waals surface area contributed by atoms with Gasteiger partial charge in [-0.25, -0.2) is 5.01 Å². The Balaban J connectivity index is 1.59. The second-order valence-electron chi connectivity index (χ2n) is 8.33. The Labute approximate surface area is 185 Å². The summed E-state index contributed by atoms with van der Waals surface area (Å²) in [5, 5.41) is 6.53. The molecule has 31 heavy (non-hydrogen) atoms. The molecule has 2 aromatic carbocycles. The Kier molecular flexibility index (Phi) is 6.68. The number of benzene rings is 2. The van der Waals surface area contributed by atoms with Crippen LogP contribution in [-0.4, -0.2) is 72.8 Å². The van der Waals surface area contributed by atoms with Gasteiger partial charge < -0.3 is 9.64 Å². The molecule has 0 N–H and O–H groups in total. The minimum absolute atomic E-state index is 0.0449. The lowest BCUT2D eigenvalue weighted by Gasteiger charge is -2.34. The summed E-state index contributed by atoms with van der Waals surface area (Å²) in [5.74, 6) is 0.839. The van der Waals surface area contributed by atoms with E-state index in [2.05, 4.69) is 41.8 Å². The van der Waals surface area contributed by atoms with Crippen LogP contribution in [0.4, 0.5) is 0 Å². The van der Waals surface area contributed by atoms with Crippen LogP contribution in [0.15, 0.2) is 53.6 Å². The summed E-state index contributed by atoms with van der Waals surface area (Å²) in [6.07, 6.45) is 0.680. The van der Waals surface area contributed by atoms with E-state index in [1.54, 1.807) is 12.1 Å². The van der Waals surface area contributed by atoms with Crippen molar-refractivity contribution in [2.24, 2.45) is 5.10 Å². The Bertz CT molecular complexity index is 950. The van der Waals surface area contributed by atoms with E-state index in [0.29, 0.717) is 13.0 Å². The Hall–Kier alpha value is -2.70. The molecule has 1 saturated heterocycles. The van der Waals surface area contributed by atoms with E-state index in [4.69, 9.17) is 9.84 Å². The zero-order valence-electron chi connectivity index (χ0n) is 18.8. The number of methoxy groups -OCH3 is 1. The number of rotatable bonds is 6. The van der Waals surface area contributed by atoms with Gasteiger partial charge in [-0.2, -0.15) is 5.10 Å². The largest absolute Gasteiger partial charge is 0.496 e. The molecule has 164 valence electrons. The first-order chi connectivity index (χ1) is 15.1. The zero-order chi connectivity index (χ0) is 21.8. The number of carbonyl (C=O) groups excluding carboxylic acids is 1. The van der Waals surface area contributed by atoms with Gasteiger partial charge in [0.1, 0.15) is 5.75 Å². The number of amides is 1. The van der Waals surface area contributed by atoms with Crippen LogP contribution in [-0.2, 0) is 4.79 Å². The van der Waals surface area contributed by atoms with Gasteiger partial charge >= 0.3 is 0 Å². The van der Waals surface area contributed by atoms with Gasteiger partial charge in [0.2, 0.25) is 0 Å². The molecule has 1 fully saturated rings. The Morgan fingerprint density at radius 2 is 1.81 bits per heavy atom. The van der Waals surface area contributed by atoms with Gasteiger partial charge in [0.15, 0.2) is 0 Å². The number of likely N-dealkylation sites (N-methyl/N-ethyl adjacent to an activating group) is 1. The Morgan fingerprint density at radius 3 is 2.52 bits per heavy atom. The van der Waals surface area contributed by atoms with Crippen LogP contribution in [0.25, 0.3) is 0 Å². The average molecular weight is 421 g/mol. The van der Waals surface area contributed by atoms with Gasteiger partial charge in [0, 0.05) is 38.2 Å². The van der Waals surface area contributed by atoms with Crippen molar-refractivity contribution in [2.45, 2.75) is 26.3 Å². The lowest BCUT2D eigenvalue weighted by Crippen LogP contribution is -2.49. The summed E-state index contributed by atoms with van der Waals surface area (Å²) >= 11 is 0. The van der Waals surface area contributed by atoms with Crippen molar-refractivity contribution in [1.29, 1.82) is 0 Å². The average Bonchev–Trinajstić information content (AvgIpc) is 3.25. The van der Waals surface area contributed by atoms with E-state index < -0.39 is 0 Å². The van der Waals surface area contributed by atoms with Crippen LogP contribution in [0.3, 0.4) is 0 Å². The van der Waals surface area contributed by atoms with E-state index in [1.165, 1.54) is 5.56 Å². The summed E-state index contributed by atoms with van der Waals surface area (Å²) in [7, 11) is 1.68. The van der Waals surface area contributed by atoms with Gasteiger partial charge in [0.25, 0.3) is 5.91 Å². The molecule has 2 heterocycles. The maximum atomic E-state index is 13.4. The molecule has 1 atom stereocenters. The second-order valence-corrected chi connectivity index (χ2v) is 8.33. The standard InChI is InChI=1S/C25H32N4O2/c1-4-27-12-14-28(15-13-27)18-25(30)29-23(21-10-5-6-11-24(21)31-3)17-22(26-29)20-9-7-8-19(2)16-20/h5-11,16,23H,4,12-15,17-18H2,1-3H3. The van der Waals surface area contributed by atoms with Crippen LogP contribution in [0.5, 0.6) is 5.75 Å². The van der Waals surface area contributed by atoms with Crippen molar-refractivity contribution in [3.05, 3.63) is 65.2 Å². The predicted octanol–water partition coefficient (Wildman–Crippen LogP) is 3.32. The predicted molar refractivity (Wildman–Crippen MR) is 123 cm³/mol. The highest BCUT2D eigenvalue weighted by Gasteiger charge is 2.35. The van der Waals surface area contributed by atoms with Crippen LogP contribution in [0.1, 0.15) is 36.1 Å². The van der Waals surface area contributed by atoms with Gasteiger partial charge in [-0.05, 0) is 25.1 Å². The molecule has 0 aromatic heterocycles. The zero-order valence-corrected chi connectivity index (χ0v) is 18.8. The summed E-state index contributed by atoms with van der Waals surface area (Å²) < 4.78 is 5.62. The third-order valence-corrected chi connectivity index (χ3v) is 6.29. The number of aryl methyl sites for hydroxylation is 1. The first-order valence-corrected chi connectivity index (χ1v) is 11.1. The van der Waals surface area contributed by atoms with Gasteiger partial charge in [-0.1, -0.05) is 55.0 Å². The monoisotopic (exact) mass is 420 g/mol. The van der Waals surface area contributed by atoms with Crippen LogP contribution in [0, 0.1) is 6.92 Å². The molecule has 0 aliphatic carbocycles. The molecule has 6 heteroatoms. The van der Waals surface area contributed by atoms with Crippen molar-refractivity contribution < 1.29 is 9.53 Å². The molecule has 0 spiro atoms. The molecule has 2 aromatic rings. The number of para-hydroxylation sites is 1. The summed E-state index contributed by atoms with van der Waals surface area (Å²) in [4.78, 5) is 18.1. The number of hydrazone groups is 1. The number of hydrogen-bond donors (Lipinski definition) is 0. The first-order valence-electron chi connectivity index (χ1n) is 11.1. The van der Waals surface area contributed by atoms with Crippen molar-refractivity contribution in [2.75, 3.05) is 46.4 Å². The Morgan fingerprint density at radius 1 is 1.06 bits per heavy atom. The normalized spacial score (nSPS) is 20.0. The quantitative estimate of drug-likeness (QED) is 0.719. The van der Waals surface area contributed by atoms with E-state index in [-0.39, 0.29) is 11.9 Å². The minimum Gasteiger partial charge on any atom is -0.496 e. The third-order valence-electron chi connectivity index (χ3n) is 6.29. The van der Waals surface area contributed by atoms with E-state index in [0.717, 1.165) is 55.3 Å². The van der Waals surface area contributed by atoms with E-state index in [9.17, 15) is 4.79 Å². The van der Waals surface area contributed by atoms with Crippen molar-refractivity contribution in [3.8, 4) is 5.75 Å². The smallest absolute Gasteiger partial charge is 0.257 e. The van der Waals surface area contributed by atoms with Gasteiger partial charge in [-0.15, -0.1) is 0 Å². The fraction of sp³-hybridized carbons (Fsp3) is 0.440. The highest BCUT2D eigenvalue weighted by molar-refractivity contribution is 6.03. The molecular weight excluding hydrogens is 388 g/mol. The molecule has 1 amide bonds. The summed E-state index contributed by atoms with van der Waals surface area (Å²) in [6, 6.07) is 16.1. The number of nitrogens with zero attached hydrogens (tertiary/aromatic N) is 4. The maximum absolute atomic E-state index is 13.4. The first kappa shape index (κ1) is 21.5. The van der Waals surface area contributed by atoms with E-state index in [1.807, 2.05) is 30.3 Å². The molecule has 6 nitrogen and oxygen atoms in total. The molecule has 1 unspecified atom stereocenters. The molecule has 4 rings (SSSR count). The number of carbonyl (C=O) groups is 1. The molecule has 0 radical (unpaired) electrons. The number of piperazine rings is 1. The SMILES string of the molecule is CCN1CCN(CC(=O)N2N=C(c3cccc(C)c3)CC2c2ccccc2OC)CC1. The fourth-order valence-corrected chi connectivity index (χ4v) is 4.45. The van der Waals surface area contributed by atoms with Crippen LogP contribution < -0.4 is 4.74 Å². The van der Waals surface area contributed by atoms with E-state index >= 15 is 0 Å². The highest BCUT2D eigenvalue weighted by Crippen LogP contribution is 2.37. The fourth-order valence-electron chi connectivity index (χ4n) is 4.45. The van der Waals surface area contributed by atoms with Gasteiger partial charge in [-0.3, -0.25) is 9.69 Å². The van der Waals surface area contributed by atoms with Crippen molar-refractivity contribution in [3.63, 3.8) is 0 Å². The number of ether oxygens (including phenoxy) is 1. The molecule has 2 aliphatic heterocycles. The highest BCUT2D eigenvalue weighted by atomic mass is 16.5. The molecule has 2 aliphatic rings. The summed E-state index contributed by atoms with van der Waals surface area (Å²) in [6.45, 7) is 9.58. The van der Waals surface area contributed by atoms with Crippen molar-refractivity contribution >= 4 is 11.6 Å². The minimum atomic E-state index is -0.156. The molecular formula is C25H32N4O2. The van der Waals surface area contributed by atoms with Crippen molar-refractivity contribution in [1.82, 2.24) is 14.8 Å². The maximum Gasteiger partial charge on any atom is 0.257 e. The third kappa shape index (κ3) is 4.81. The topological polar surface area (TPSA) is 48.4 Å². The van der Waals surface area contributed by atoms with Crippen LogP contribution >= 0.6 is 0 Å². The molecule has 0 bridgehead atoms. The summed E-state index contributed by atoms with van der Waals surface area (Å²) in [5.41, 5.74) is 4.21. The molecule has 0 saturated carbocycles. The van der Waals surface area contributed by atoms with Gasteiger partial charge in [0.05, 0.1) is 25.4 Å². The lowest BCUT2D eigenvalue weighted by molar-refractivity contribution is -0.134. The lowest BCUT2D eigenvalue weighted by atomic mass is 9.97. The number of hydrogen-bond acceptors (Lipinski definition) is 5. The second kappa shape index (κ2) is 9.62.